The van der Waals surface area contributed by atoms with Gasteiger partial charge >= 0.3 is 0 Å². The number of amides is 1. The van der Waals surface area contributed by atoms with Crippen molar-refractivity contribution in [2.45, 2.75) is 84.7 Å². The van der Waals surface area contributed by atoms with Crippen LogP contribution >= 0.6 is 12.2 Å². The molecular formula is C20H37N3OS. The van der Waals surface area contributed by atoms with Gasteiger partial charge in [0, 0.05) is 25.0 Å². The summed E-state index contributed by atoms with van der Waals surface area (Å²) in [5.74, 6) is 1.52. The molecule has 2 rings (SSSR count). The molecule has 4 nitrogen and oxygen atoms in total. The monoisotopic (exact) mass is 367 g/mol. The average molecular weight is 368 g/mol. The van der Waals surface area contributed by atoms with Crippen molar-refractivity contribution in [1.82, 2.24) is 10.2 Å². The second-order valence-corrected chi connectivity index (χ2v) is 9.53. The lowest BCUT2D eigenvalue weighted by Crippen LogP contribution is -2.54. The lowest BCUT2D eigenvalue weighted by atomic mass is 9.72. The van der Waals surface area contributed by atoms with Crippen molar-refractivity contribution in [3.05, 3.63) is 0 Å². The van der Waals surface area contributed by atoms with Crippen LogP contribution in [0.4, 0.5) is 0 Å². The minimum Gasteiger partial charge on any atom is -0.377 e. The third-order valence-corrected chi connectivity index (χ3v) is 6.42. The maximum atomic E-state index is 12.7. The number of rotatable bonds is 7. The molecule has 5 heteroatoms. The summed E-state index contributed by atoms with van der Waals surface area (Å²) in [6.07, 6.45) is 8.57. The van der Waals surface area contributed by atoms with Gasteiger partial charge in [-0.3, -0.25) is 4.79 Å². The van der Waals surface area contributed by atoms with E-state index < -0.39 is 6.04 Å². The van der Waals surface area contributed by atoms with Gasteiger partial charge < -0.3 is 16.0 Å². The molecule has 0 radical (unpaired) electrons. The van der Waals surface area contributed by atoms with Gasteiger partial charge in [-0.1, -0.05) is 59.2 Å². The van der Waals surface area contributed by atoms with Crippen LogP contribution in [0.1, 0.15) is 72.6 Å². The molecule has 1 saturated carbocycles. The fourth-order valence-electron chi connectivity index (χ4n) is 3.93. The molecule has 1 aliphatic heterocycles. The molecule has 0 bridgehead atoms. The van der Waals surface area contributed by atoms with Crippen LogP contribution in [0.2, 0.25) is 0 Å². The SMILES string of the molecule is CCCC[C@H]1C[C@H](C(=S)NC[C@H]2CCCN2C(=O)[C@@H](N)C(C)(C)C)C1. The van der Waals surface area contributed by atoms with Gasteiger partial charge in [0.15, 0.2) is 0 Å². The number of nitrogens with zero attached hydrogens (tertiary/aromatic N) is 1. The van der Waals surface area contributed by atoms with Crippen LogP contribution in [0.5, 0.6) is 0 Å². The van der Waals surface area contributed by atoms with E-state index in [1.807, 2.05) is 25.7 Å². The standard InChI is InChI=1S/C20H37N3OS/c1-5-6-8-14-11-15(12-14)18(25)22-13-16-9-7-10-23(16)19(24)17(21)20(2,3)4/h14-17H,5-13,21H2,1-4H3,(H,22,25)/t14-,15-,16-,17-/m1/s1. The predicted octanol–water partition coefficient (Wildman–Crippen LogP) is 3.48. The van der Waals surface area contributed by atoms with Crippen molar-refractivity contribution in [2.75, 3.05) is 13.1 Å². The van der Waals surface area contributed by atoms with Crippen LogP contribution < -0.4 is 11.1 Å². The molecule has 2 fully saturated rings. The van der Waals surface area contributed by atoms with E-state index in [1.165, 1.54) is 32.1 Å². The quantitative estimate of drug-likeness (QED) is 0.676. The number of hydrogen-bond acceptors (Lipinski definition) is 3. The van der Waals surface area contributed by atoms with Gasteiger partial charge in [0.25, 0.3) is 0 Å². The highest BCUT2D eigenvalue weighted by Crippen LogP contribution is 2.37. The normalized spacial score (nSPS) is 27.7. The van der Waals surface area contributed by atoms with E-state index in [0.717, 1.165) is 36.8 Å². The van der Waals surface area contributed by atoms with Crippen LogP contribution in [0.15, 0.2) is 0 Å². The van der Waals surface area contributed by atoms with Crippen LogP contribution in [0, 0.1) is 17.3 Å². The summed E-state index contributed by atoms with van der Waals surface area (Å²) in [6.45, 7) is 9.93. The third-order valence-electron chi connectivity index (χ3n) is 5.94. The summed E-state index contributed by atoms with van der Waals surface area (Å²) in [5, 5.41) is 3.46. The zero-order valence-corrected chi connectivity index (χ0v) is 17.3. The maximum Gasteiger partial charge on any atom is 0.240 e. The Morgan fingerprint density at radius 1 is 1.36 bits per heavy atom. The first-order valence-corrected chi connectivity index (χ1v) is 10.5. The Kier molecular flexibility index (Phi) is 7.27. The van der Waals surface area contributed by atoms with Crippen LogP contribution in [-0.2, 0) is 4.79 Å². The van der Waals surface area contributed by atoms with Crippen molar-refractivity contribution in [3.63, 3.8) is 0 Å². The van der Waals surface area contributed by atoms with E-state index >= 15 is 0 Å². The van der Waals surface area contributed by atoms with E-state index in [-0.39, 0.29) is 17.4 Å². The van der Waals surface area contributed by atoms with Gasteiger partial charge in [0.2, 0.25) is 5.91 Å². The first-order chi connectivity index (χ1) is 11.7. The Morgan fingerprint density at radius 2 is 2.04 bits per heavy atom. The summed E-state index contributed by atoms with van der Waals surface area (Å²) in [6, 6.07) is -0.208. The number of thiocarbonyl (C=S) groups is 1. The van der Waals surface area contributed by atoms with E-state index in [9.17, 15) is 4.79 Å². The van der Waals surface area contributed by atoms with Crippen molar-refractivity contribution in [1.29, 1.82) is 0 Å². The summed E-state index contributed by atoms with van der Waals surface area (Å²) in [5.41, 5.74) is 5.99. The number of nitrogens with one attached hydrogen (secondary N) is 1. The topological polar surface area (TPSA) is 58.4 Å². The molecule has 1 saturated heterocycles. The number of likely N-dealkylation sites (tertiary alicyclic amines) is 1. The average Bonchev–Trinajstić information content (AvgIpc) is 2.97. The Morgan fingerprint density at radius 3 is 2.64 bits per heavy atom. The molecule has 2 aliphatic rings. The van der Waals surface area contributed by atoms with Crippen LogP contribution in [-0.4, -0.2) is 41.0 Å². The third kappa shape index (κ3) is 5.40. The summed E-state index contributed by atoms with van der Waals surface area (Å²) in [7, 11) is 0. The second-order valence-electron chi connectivity index (χ2n) is 9.09. The number of nitrogens with two attached hydrogens (primary N) is 1. The molecule has 2 atom stereocenters. The summed E-state index contributed by atoms with van der Waals surface area (Å²) >= 11 is 5.60. The van der Waals surface area contributed by atoms with E-state index in [1.54, 1.807) is 0 Å². The van der Waals surface area contributed by atoms with Crippen molar-refractivity contribution >= 4 is 23.1 Å². The van der Waals surface area contributed by atoms with Gasteiger partial charge in [0.1, 0.15) is 0 Å². The Balaban J connectivity index is 1.76. The van der Waals surface area contributed by atoms with Crippen molar-refractivity contribution in [3.8, 4) is 0 Å². The highest BCUT2D eigenvalue weighted by atomic mass is 32.1. The highest BCUT2D eigenvalue weighted by Gasteiger charge is 2.37. The summed E-state index contributed by atoms with van der Waals surface area (Å²) in [4.78, 5) is 15.7. The Hall–Kier alpha value is -0.680. The molecule has 3 N–H and O–H groups in total. The zero-order chi connectivity index (χ0) is 18.6. The van der Waals surface area contributed by atoms with Gasteiger partial charge in [0.05, 0.1) is 11.0 Å². The molecule has 0 spiro atoms. The number of unbranched alkanes of at least 4 members (excludes halogenated alkanes) is 1. The first kappa shape index (κ1) is 20.6. The fourth-order valence-corrected chi connectivity index (χ4v) is 4.20. The molecule has 0 aromatic heterocycles. The van der Waals surface area contributed by atoms with Gasteiger partial charge in [-0.05, 0) is 37.0 Å². The highest BCUT2D eigenvalue weighted by molar-refractivity contribution is 7.80. The minimum atomic E-state index is -0.439. The van der Waals surface area contributed by atoms with E-state index in [4.69, 9.17) is 18.0 Å². The van der Waals surface area contributed by atoms with Crippen molar-refractivity contribution in [2.24, 2.45) is 23.0 Å². The molecular weight excluding hydrogens is 330 g/mol. The lowest BCUT2D eigenvalue weighted by Gasteiger charge is -2.37. The molecule has 0 aromatic carbocycles. The van der Waals surface area contributed by atoms with Gasteiger partial charge in [-0.2, -0.15) is 0 Å². The first-order valence-electron chi connectivity index (χ1n) is 10.1. The Bertz CT molecular complexity index is 468. The number of hydrogen-bond donors (Lipinski definition) is 2. The smallest absolute Gasteiger partial charge is 0.240 e. The molecule has 1 heterocycles. The molecule has 0 unspecified atom stereocenters. The lowest BCUT2D eigenvalue weighted by molar-refractivity contribution is -0.135. The minimum absolute atomic E-state index is 0.0889. The number of carbonyl (C=O) groups is 1. The Labute approximate surface area is 159 Å². The molecule has 144 valence electrons. The second kappa shape index (κ2) is 8.81. The molecule has 1 aliphatic carbocycles. The molecule has 0 aromatic rings. The largest absolute Gasteiger partial charge is 0.377 e. The van der Waals surface area contributed by atoms with Crippen LogP contribution in [0.25, 0.3) is 0 Å². The maximum absolute atomic E-state index is 12.7. The van der Waals surface area contributed by atoms with E-state index in [0.29, 0.717) is 5.92 Å². The zero-order valence-electron chi connectivity index (χ0n) is 16.5. The van der Waals surface area contributed by atoms with Crippen LogP contribution in [0.3, 0.4) is 0 Å². The van der Waals surface area contributed by atoms with Gasteiger partial charge in [-0.25, -0.2) is 0 Å². The molecule has 1 amide bonds. The van der Waals surface area contributed by atoms with Gasteiger partial charge in [-0.15, -0.1) is 0 Å². The predicted molar refractivity (Wildman–Crippen MR) is 109 cm³/mol. The number of carbonyl (C=O) groups excluding carboxylic acids is 1. The van der Waals surface area contributed by atoms with E-state index in [2.05, 4.69) is 12.2 Å². The fraction of sp³-hybridized carbons (Fsp3) is 0.900. The molecule has 25 heavy (non-hydrogen) atoms. The van der Waals surface area contributed by atoms with Crippen molar-refractivity contribution < 1.29 is 4.79 Å². The summed E-state index contributed by atoms with van der Waals surface area (Å²) < 4.78 is 0.